The molecule has 0 bridgehead atoms. The SMILES string of the molecule is CN(CCCN(CCCCN(CC(CCCCCCNC=O)CN(CCCCN(CCCN(C)C(=O)OC(C)(C)C)C(=O)OC(C)(C)C)C(=O)OC(C)(C)C)C(=O)OC(C)(C)C)C(=O)OC(C)(C)C)C(=O)OC(C)(C)C. The van der Waals surface area contributed by atoms with E-state index in [-0.39, 0.29) is 19.0 Å². The fourth-order valence-corrected chi connectivity index (χ4v) is 7.42. The lowest BCUT2D eigenvalue weighted by Gasteiger charge is -2.34. The Morgan fingerprint density at radius 2 is 0.618 bits per heavy atom. The minimum atomic E-state index is -0.788. The van der Waals surface area contributed by atoms with Crippen molar-refractivity contribution in [3.05, 3.63) is 0 Å². The van der Waals surface area contributed by atoms with E-state index >= 15 is 0 Å². The summed E-state index contributed by atoms with van der Waals surface area (Å²) in [5, 5.41) is 2.71. The van der Waals surface area contributed by atoms with Crippen LogP contribution in [-0.2, 0) is 33.2 Å². The molecule has 0 heterocycles. The Kier molecular flexibility index (Phi) is 31.2. The normalized spacial score (nSPS) is 12.3. The third-order valence-electron chi connectivity index (χ3n) is 10.8. The molecule has 0 aliphatic rings. The Morgan fingerprint density at radius 1 is 0.355 bits per heavy atom. The number of hydrogen-bond donors (Lipinski definition) is 1. The van der Waals surface area contributed by atoms with Gasteiger partial charge in [-0.15, -0.1) is 0 Å². The van der Waals surface area contributed by atoms with Crippen LogP contribution >= 0.6 is 0 Å². The topological polar surface area (TPSA) is 206 Å². The number of unbranched alkanes of at least 4 members (excludes halogenated alkanes) is 5. The van der Waals surface area contributed by atoms with Gasteiger partial charge in [0.15, 0.2) is 0 Å². The van der Waals surface area contributed by atoms with Crippen LogP contribution in [0.25, 0.3) is 0 Å². The van der Waals surface area contributed by atoms with E-state index in [2.05, 4.69) is 5.32 Å². The van der Waals surface area contributed by atoms with Crippen LogP contribution in [0.2, 0.25) is 0 Å². The second kappa shape index (κ2) is 33.4. The average Bonchev–Trinajstić information content (AvgIpc) is 3.22. The van der Waals surface area contributed by atoms with Crippen LogP contribution in [0.4, 0.5) is 28.8 Å². The summed E-state index contributed by atoms with van der Waals surface area (Å²) in [5.41, 5.74) is -4.32. The number of rotatable bonds is 30. The number of hydrogen-bond acceptors (Lipinski definition) is 13. The van der Waals surface area contributed by atoms with Crippen molar-refractivity contribution in [1.29, 1.82) is 0 Å². The van der Waals surface area contributed by atoms with Crippen LogP contribution < -0.4 is 5.32 Å². The molecule has 0 unspecified atom stereocenters. The van der Waals surface area contributed by atoms with Crippen molar-refractivity contribution in [2.24, 2.45) is 5.92 Å². The standard InChI is InChI=1S/C56H107N7O13/c1-51(2,3)71-45(65)58(19)33-29-39-60(47(67)73-53(7,8)9)35-25-27-37-62(49(69)75-55(13,14)15)41-44(31-23-21-22-24-32-57-43-64)42-63(50(70)76-56(16,17)18)38-28-26-36-61(48(68)74-54(10,11)12)40-30-34-59(20)46(66)72-52(4,5)6/h43-44H,21-42H2,1-20H3,(H,57,64). The Hall–Kier alpha value is -4.91. The molecule has 1 N–H and O–H groups in total. The van der Waals surface area contributed by atoms with Crippen molar-refractivity contribution in [3.63, 3.8) is 0 Å². The van der Waals surface area contributed by atoms with E-state index in [1.54, 1.807) is 75.2 Å². The van der Waals surface area contributed by atoms with E-state index in [0.29, 0.717) is 110 Å². The van der Waals surface area contributed by atoms with Gasteiger partial charge in [-0.25, -0.2) is 28.8 Å². The highest BCUT2D eigenvalue weighted by Gasteiger charge is 2.31. The summed E-state index contributed by atoms with van der Waals surface area (Å²) in [6, 6.07) is 0. The third kappa shape index (κ3) is 37.8. The molecular formula is C56H107N7O13. The van der Waals surface area contributed by atoms with Gasteiger partial charge in [-0.05, 0) is 182 Å². The monoisotopic (exact) mass is 1090 g/mol. The highest BCUT2D eigenvalue weighted by molar-refractivity contribution is 5.70. The maximum atomic E-state index is 14.1. The molecule has 0 rings (SSSR count). The molecule has 0 fully saturated rings. The number of nitrogens with one attached hydrogen (secondary N) is 1. The number of carbonyl (C=O) groups is 7. The van der Waals surface area contributed by atoms with Crippen LogP contribution in [0.1, 0.15) is 195 Å². The van der Waals surface area contributed by atoms with E-state index in [4.69, 9.17) is 28.4 Å². The maximum absolute atomic E-state index is 14.1. The average molecular weight is 1090 g/mol. The van der Waals surface area contributed by atoms with Crippen molar-refractivity contribution in [2.75, 3.05) is 86.1 Å². The van der Waals surface area contributed by atoms with Gasteiger partial charge in [0, 0.05) is 86.1 Å². The lowest BCUT2D eigenvalue weighted by atomic mass is 9.98. The Labute approximate surface area is 459 Å². The van der Waals surface area contributed by atoms with Gasteiger partial charge in [-0.2, -0.15) is 0 Å². The number of nitrogens with zero attached hydrogens (tertiary/aromatic N) is 6. The Bertz CT molecular complexity index is 1630. The highest BCUT2D eigenvalue weighted by Crippen LogP contribution is 2.22. The molecule has 20 heteroatoms. The molecule has 0 aromatic heterocycles. The van der Waals surface area contributed by atoms with Crippen LogP contribution in [0.15, 0.2) is 0 Å². The fraction of sp³-hybridized carbons (Fsp3) is 0.875. The van der Waals surface area contributed by atoms with E-state index in [9.17, 15) is 33.6 Å². The smallest absolute Gasteiger partial charge is 0.410 e. The Balaban J connectivity index is 6.63. The zero-order chi connectivity index (χ0) is 58.7. The van der Waals surface area contributed by atoms with Crippen molar-refractivity contribution < 1.29 is 62.0 Å². The van der Waals surface area contributed by atoms with Crippen molar-refractivity contribution >= 4 is 43.0 Å². The predicted molar refractivity (Wildman–Crippen MR) is 297 cm³/mol. The molecule has 0 aliphatic carbocycles. The van der Waals surface area contributed by atoms with E-state index < -0.39 is 70.2 Å². The quantitative estimate of drug-likeness (QED) is 0.0404. The van der Waals surface area contributed by atoms with Gasteiger partial charge in [0.2, 0.25) is 6.41 Å². The molecule has 0 radical (unpaired) electrons. The molecule has 0 atom stereocenters. The van der Waals surface area contributed by atoms with Crippen molar-refractivity contribution in [1.82, 2.24) is 34.7 Å². The van der Waals surface area contributed by atoms with Crippen LogP contribution in [0, 0.1) is 5.92 Å². The van der Waals surface area contributed by atoms with E-state index in [0.717, 1.165) is 25.7 Å². The van der Waals surface area contributed by atoms with Gasteiger partial charge in [-0.3, -0.25) is 4.79 Å². The predicted octanol–water partition coefficient (Wildman–Crippen LogP) is 11.3. The van der Waals surface area contributed by atoms with Crippen LogP contribution in [0.3, 0.4) is 0 Å². The first kappa shape index (κ1) is 71.1. The van der Waals surface area contributed by atoms with Gasteiger partial charge in [0.25, 0.3) is 0 Å². The highest BCUT2D eigenvalue weighted by atomic mass is 16.6. The first-order valence-electron chi connectivity index (χ1n) is 27.7. The molecule has 0 saturated heterocycles. The summed E-state index contributed by atoms with van der Waals surface area (Å²) in [6.07, 6.45) is 5.01. The zero-order valence-corrected chi connectivity index (χ0v) is 51.2. The van der Waals surface area contributed by atoms with E-state index in [1.165, 1.54) is 9.80 Å². The van der Waals surface area contributed by atoms with Gasteiger partial charge in [0.1, 0.15) is 33.6 Å². The first-order valence-corrected chi connectivity index (χ1v) is 27.7. The second-order valence-electron chi connectivity index (χ2n) is 25.9. The number of ether oxygens (including phenoxy) is 6. The maximum Gasteiger partial charge on any atom is 0.410 e. The minimum Gasteiger partial charge on any atom is -0.444 e. The summed E-state index contributed by atoms with van der Waals surface area (Å²) < 4.78 is 34.5. The van der Waals surface area contributed by atoms with Gasteiger partial charge in [-0.1, -0.05) is 19.3 Å². The van der Waals surface area contributed by atoms with Crippen molar-refractivity contribution in [2.45, 2.75) is 229 Å². The van der Waals surface area contributed by atoms with Crippen LogP contribution in [-0.4, -0.2) is 192 Å². The molecular weight excluding hydrogens is 979 g/mol. The largest absolute Gasteiger partial charge is 0.444 e. The molecule has 7 amide bonds. The molecule has 0 spiro atoms. The second-order valence-corrected chi connectivity index (χ2v) is 25.9. The Morgan fingerprint density at radius 3 is 0.921 bits per heavy atom. The summed E-state index contributed by atoms with van der Waals surface area (Å²) >= 11 is 0. The van der Waals surface area contributed by atoms with Crippen LogP contribution in [0.5, 0.6) is 0 Å². The fourth-order valence-electron chi connectivity index (χ4n) is 7.42. The summed E-state index contributed by atoms with van der Waals surface area (Å²) in [4.78, 5) is 101. The molecule has 0 aliphatic heterocycles. The number of carbonyl (C=O) groups excluding carboxylic acids is 7. The molecule has 20 nitrogen and oxygen atoms in total. The molecule has 444 valence electrons. The van der Waals surface area contributed by atoms with Gasteiger partial charge >= 0.3 is 36.6 Å². The summed E-state index contributed by atoms with van der Waals surface area (Å²) in [6.45, 7) is 36.4. The molecule has 0 saturated carbocycles. The molecule has 0 aromatic carbocycles. The van der Waals surface area contributed by atoms with E-state index in [1.807, 2.05) is 83.1 Å². The lowest BCUT2D eigenvalue weighted by molar-refractivity contribution is -0.109. The summed E-state index contributed by atoms with van der Waals surface area (Å²) in [7, 11) is 3.32. The molecule has 76 heavy (non-hydrogen) atoms. The minimum absolute atomic E-state index is 0.200. The van der Waals surface area contributed by atoms with Crippen molar-refractivity contribution in [3.8, 4) is 0 Å². The molecule has 0 aromatic rings. The van der Waals surface area contributed by atoms with Gasteiger partial charge < -0.3 is 63.1 Å². The van der Waals surface area contributed by atoms with Gasteiger partial charge in [0.05, 0.1) is 0 Å². The summed E-state index contributed by atoms with van der Waals surface area (Å²) in [5.74, 6) is -0.200. The first-order chi connectivity index (χ1) is 34.7. The number of amides is 7. The lowest BCUT2D eigenvalue weighted by Crippen LogP contribution is -2.45. The third-order valence-corrected chi connectivity index (χ3v) is 10.8. The zero-order valence-electron chi connectivity index (χ0n) is 51.2.